The zero-order chi connectivity index (χ0) is 26.9. The summed E-state index contributed by atoms with van der Waals surface area (Å²) >= 11 is 0. The molecule has 208 valence electrons. The van der Waals surface area contributed by atoms with Crippen LogP contribution in [0.5, 0.6) is 0 Å². The lowest BCUT2D eigenvalue weighted by molar-refractivity contribution is -0.161. The van der Waals surface area contributed by atoms with Gasteiger partial charge in [0.2, 0.25) is 0 Å². The first-order valence-electron chi connectivity index (χ1n) is 13.3. The van der Waals surface area contributed by atoms with Gasteiger partial charge in [0.05, 0.1) is 6.61 Å². The van der Waals surface area contributed by atoms with Crippen LogP contribution in [0.15, 0.2) is 36.5 Å². The molecule has 0 fully saturated rings. The van der Waals surface area contributed by atoms with Crippen LogP contribution in [0.3, 0.4) is 0 Å². The van der Waals surface area contributed by atoms with Gasteiger partial charge >= 0.3 is 19.8 Å². The lowest BCUT2D eigenvalue weighted by Crippen LogP contribution is -2.29. The maximum Gasteiger partial charge on any atom is 0.469 e. The van der Waals surface area contributed by atoms with E-state index in [1.165, 1.54) is 19.3 Å². The second-order valence-electron chi connectivity index (χ2n) is 8.64. The fraction of sp³-hybridized carbons (Fsp3) is 0.704. The number of ether oxygens (including phenoxy) is 2. The number of hydrogen-bond acceptors (Lipinski definition) is 6. The third-order valence-corrected chi connectivity index (χ3v) is 5.63. The number of rotatable bonds is 23. The summed E-state index contributed by atoms with van der Waals surface area (Å²) in [6, 6.07) is 0. The van der Waals surface area contributed by atoms with E-state index in [4.69, 9.17) is 19.3 Å². The van der Waals surface area contributed by atoms with Crippen LogP contribution in [0.2, 0.25) is 0 Å². The minimum Gasteiger partial charge on any atom is -0.462 e. The Kier molecular flexibility index (Phi) is 22.5. The van der Waals surface area contributed by atoms with Crippen molar-refractivity contribution in [2.45, 2.75) is 110 Å². The molecule has 0 rings (SSSR count). The summed E-state index contributed by atoms with van der Waals surface area (Å²) in [4.78, 5) is 41.3. The molecular formula is C27H47O8P. The molecule has 0 aromatic heterocycles. The Hall–Kier alpha value is -1.73. The fourth-order valence-corrected chi connectivity index (χ4v) is 3.61. The molecule has 0 radical (unpaired) electrons. The van der Waals surface area contributed by atoms with E-state index >= 15 is 0 Å². The molecule has 0 saturated heterocycles. The molecule has 2 N–H and O–H groups in total. The van der Waals surface area contributed by atoms with E-state index in [1.807, 2.05) is 6.92 Å². The van der Waals surface area contributed by atoms with Crippen LogP contribution >= 0.6 is 7.82 Å². The normalized spacial score (nSPS) is 13.1. The molecule has 0 saturated carbocycles. The minimum atomic E-state index is -4.72. The van der Waals surface area contributed by atoms with Crippen LogP contribution in [0, 0.1) is 0 Å². The van der Waals surface area contributed by atoms with E-state index in [9.17, 15) is 14.2 Å². The lowest BCUT2D eigenvalue weighted by atomic mass is 10.1. The largest absolute Gasteiger partial charge is 0.469 e. The highest BCUT2D eigenvalue weighted by atomic mass is 31.2. The number of unbranched alkanes of at least 4 members (excludes halogenated alkanes) is 7. The zero-order valence-electron chi connectivity index (χ0n) is 22.1. The van der Waals surface area contributed by atoms with Gasteiger partial charge in [-0.1, -0.05) is 82.4 Å². The lowest BCUT2D eigenvalue weighted by Gasteiger charge is -2.18. The Morgan fingerprint density at radius 3 is 1.94 bits per heavy atom. The number of allylic oxidation sites excluding steroid dienone is 6. The number of carbonyl (C=O) groups excluding carboxylic acids is 2. The van der Waals surface area contributed by atoms with Gasteiger partial charge in [-0.25, -0.2) is 4.57 Å². The first-order chi connectivity index (χ1) is 17.3. The van der Waals surface area contributed by atoms with Crippen LogP contribution in [0.1, 0.15) is 104 Å². The quantitative estimate of drug-likeness (QED) is 0.0646. The SMILES string of the molecule is CC/C=C\C/C=C\C/C=C\CCCCCCCCCC(=O)OC(COC(=O)CCC)COP(=O)(O)O. The van der Waals surface area contributed by atoms with Gasteiger partial charge < -0.3 is 19.3 Å². The van der Waals surface area contributed by atoms with Crippen molar-refractivity contribution in [1.82, 2.24) is 0 Å². The summed E-state index contributed by atoms with van der Waals surface area (Å²) in [6.45, 7) is 3.12. The second-order valence-corrected chi connectivity index (χ2v) is 9.88. The van der Waals surface area contributed by atoms with E-state index in [-0.39, 0.29) is 19.4 Å². The van der Waals surface area contributed by atoms with Crippen LogP contribution < -0.4 is 0 Å². The van der Waals surface area contributed by atoms with Crippen LogP contribution in [0.4, 0.5) is 0 Å². The molecule has 0 spiro atoms. The Balaban J connectivity index is 3.86. The van der Waals surface area contributed by atoms with Gasteiger partial charge in [-0.2, -0.15) is 0 Å². The summed E-state index contributed by atoms with van der Waals surface area (Å²) in [5.74, 6) is -0.964. The average Bonchev–Trinajstić information content (AvgIpc) is 2.82. The molecule has 1 unspecified atom stereocenters. The summed E-state index contributed by atoms with van der Waals surface area (Å²) < 4.78 is 25.5. The van der Waals surface area contributed by atoms with Gasteiger partial charge in [-0.05, 0) is 44.9 Å². The Labute approximate surface area is 217 Å². The molecule has 0 aliphatic carbocycles. The standard InChI is InChI=1S/C27H47O8P/c1-3-5-6-7-8-9-10-11-12-13-14-15-16-17-18-19-20-22-27(29)35-25(24-34-36(30,31)32)23-33-26(28)21-4-2/h5-6,8-9,11-12,25H,3-4,7,10,13-24H2,1-2H3,(H2,30,31,32)/b6-5-,9-8-,12-11-. The zero-order valence-corrected chi connectivity index (χ0v) is 23.0. The number of hydrogen-bond donors (Lipinski definition) is 2. The Bertz CT molecular complexity index is 696. The number of carbonyl (C=O) groups is 2. The van der Waals surface area contributed by atoms with Crippen molar-refractivity contribution in [1.29, 1.82) is 0 Å². The second kappa shape index (κ2) is 23.7. The molecule has 0 bridgehead atoms. The number of esters is 2. The highest BCUT2D eigenvalue weighted by molar-refractivity contribution is 7.46. The molecule has 0 amide bonds. The smallest absolute Gasteiger partial charge is 0.462 e. The average molecular weight is 531 g/mol. The molecule has 36 heavy (non-hydrogen) atoms. The molecule has 9 heteroatoms. The molecule has 8 nitrogen and oxygen atoms in total. The van der Waals surface area contributed by atoms with Crippen molar-refractivity contribution < 1.29 is 37.9 Å². The van der Waals surface area contributed by atoms with Gasteiger partial charge in [0, 0.05) is 12.8 Å². The topological polar surface area (TPSA) is 119 Å². The fourth-order valence-electron chi connectivity index (χ4n) is 3.25. The molecule has 0 heterocycles. The third kappa shape index (κ3) is 25.4. The predicted octanol–water partition coefficient (Wildman–Crippen LogP) is 6.72. The van der Waals surface area contributed by atoms with Gasteiger partial charge in [0.15, 0.2) is 6.10 Å². The van der Waals surface area contributed by atoms with E-state index in [1.54, 1.807) is 0 Å². The van der Waals surface area contributed by atoms with Crippen molar-refractivity contribution in [3.8, 4) is 0 Å². The van der Waals surface area contributed by atoms with Crippen molar-refractivity contribution in [2.75, 3.05) is 13.2 Å². The summed E-state index contributed by atoms with van der Waals surface area (Å²) in [6.07, 6.45) is 24.7. The Morgan fingerprint density at radius 2 is 1.33 bits per heavy atom. The maximum absolute atomic E-state index is 12.1. The molecule has 0 aromatic rings. The van der Waals surface area contributed by atoms with Crippen molar-refractivity contribution >= 4 is 19.8 Å². The summed E-state index contributed by atoms with van der Waals surface area (Å²) in [5, 5.41) is 0. The van der Waals surface area contributed by atoms with E-state index in [0.717, 1.165) is 44.9 Å². The van der Waals surface area contributed by atoms with E-state index < -0.39 is 32.5 Å². The van der Waals surface area contributed by atoms with Gasteiger partial charge in [0.25, 0.3) is 0 Å². The van der Waals surface area contributed by atoms with Crippen LogP contribution in [-0.2, 0) is 28.2 Å². The molecule has 0 aliphatic rings. The molecule has 0 aliphatic heterocycles. The van der Waals surface area contributed by atoms with Crippen molar-refractivity contribution in [3.63, 3.8) is 0 Å². The Morgan fingerprint density at radius 1 is 0.750 bits per heavy atom. The molecular weight excluding hydrogens is 483 g/mol. The highest BCUT2D eigenvalue weighted by Gasteiger charge is 2.22. The van der Waals surface area contributed by atoms with Crippen LogP contribution in [0.25, 0.3) is 0 Å². The molecule has 0 aromatic carbocycles. The van der Waals surface area contributed by atoms with E-state index in [0.29, 0.717) is 12.8 Å². The van der Waals surface area contributed by atoms with Gasteiger partial charge in [-0.15, -0.1) is 0 Å². The monoisotopic (exact) mass is 530 g/mol. The minimum absolute atomic E-state index is 0.198. The first-order valence-corrected chi connectivity index (χ1v) is 14.8. The van der Waals surface area contributed by atoms with E-state index in [2.05, 4.69) is 47.9 Å². The number of phosphoric acid groups is 1. The van der Waals surface area contributed by atoms with Crippen LogP contribution in [-0.4, -0.2) is 41.0 Å². The summed E-state index contributed by atoms with van der Waals surface area (Å²) in [7, 11) is -4.72. The van der Waals surface area contributed by atoms with Gasteiger partial charge in [-0.3, -0.25) is 14.1 Å². The predicted molar refractivity (Wildman–Crippen MR) is 142 cm³/mol. The third-order valence-electron chi connectivity index (χ3n) is 5.14. The summed E-state index contributed by atoms with van der Waals surface area (Å²) in [5.41, 5.74) is 0. The molecule has 1 atom stereocenters. The maximum atomic E-state index is 12.1. The number of phosphoric ester groups is 1. The highest BCUT2D eigenvalue weighted by Crippen LogP contribution is 2.35. The van der Waals surface area contributed by atoms with Crippen molar-refractivity contribution in [2.24, 2.45) is 0 Å². The van der Waals surface area contributed by atoms with Crippen molar-refractivity contribution in [3.05, 3.63) is 36.5 Å². The first kappa shape index (κ1) is 34.3. The van der Waals surface area contributed by atoms with Gasteiger partial charge in [0.1, 0.15) is 6.61 Å².